The largest absolute Gasteiger partial charge is 0.481 e. The number of aliphatic hydroxyl groups is 2. The average molecular weight is 381 g/mol. The molecular weight excluding hydrogens is 344 g/mol. The quantitative estimate of drug-likeness (QED) is 0.559. The van der Waals surface area contributed by atoms with Crippen LogP contribution in [-0.4, -0.2) is 46.2 Å². The van der Waals surface area contributed by atoms with Crippen LogP contribution in [-0.2, 0) is 9.53 Å². The van der Waals surface area contributed by atoms with Crippen molar-refractivity contribution < 1.29 is 24.9 Å². The molecule has 0 aromatic carbocycles. The Morgan fingerprint density at radius 3 is 2.70 bits per heavy atom. The fourth-order valence-electron chi connectivity index (χ4n) is 5.89. The monoisotopic (exact) mass is 380 g/mol. The van der Waals surface area contributed by atoms with Crippen molar-refractivity contribution in [2.45, 2.75) is 94.9 Å². The molecule has 154 valence electrons. The molecule has 5 unspecified atom stereocenters. The van der Waals surface area contributed by atoms with E-state index < -0.39 is 5.97 Å². The second-order valence-electron chi connectivity index (χ2n) is 8.88. The summed E-state index contributed by atoms with van der Waals surface area (Å²) in [5, 5.41) is 30.1. The lowest BCUT2D eigenvalue weighted by Gasteiger charge is -2.58. The summed E-state index contributed by atoms with van der Waals surface area (Å²) < 4.78 is 5.96. The number of carbonyl (C=O) groups is 1. The van der Waals surface area contributed by atoms with Gasteiger partial charge in [-0.15, -0.1) is 0 Å². The van der Waals surface area contributed by atoms with Crippen LogP contribution in [0.25, 0.3) is 0 Å². The molecule has 0 heterocycles. The molecule has 0 aromatic rings. The number of aliphatic hydroxyl groups excluding tert-OH is 2. The topological polar surface area (TPSA) is 87.0 Å². The molecule has 0 amide bonds. The number of carboxylic acid groups (broad SMARTS) is 1. The van der Waals surface area contributed by atoms with Crippen molar-refractivity contribution in [2.75, 3.05) is 7.11 Å². The van der Waals surface area contributed by atoms with E-state index in [9.17, 15) is 15.0 Å². The molecule has 0 bridgehead atoms. The highest BCUT2D eigenvalue weighted by molar-refractivity contribution is 5.66. The highest BCUT2D eigenvalue weighted by Crippen LogP contribution is 2.58. The molecule has 0 saturated heterocycles. The van der Waals surface area contributed by atoms with Crippen LogP contribution in [0.1, 0.15) is 77.0 Å². The molecule has 0 aromatic heterocycles. The SMILES string of the molecule is COC12CCC(O)C(CCC(O)C3CCCCC3)C1C/C2=C/CCC(=O)O. The molecule has 0 spiro atoms. The third-order valence-corrected chi connectivity index (χ3v) is 7.51. The van der Waals surface area contributed by atoms with Gasteiger partial charge >= 0.3 is 5.97 Å². The number of hydrogen-bond donors (Lipinski definition) is 3. The molecule has 3 aliphatic rings. The van der Waals surface area contributed by atoms with Crippen molar-refractivity contribution in [2.24, 2.45) is 17.8 Å². The van der Waals surface area contributed by atoms with E-state index in [0.717, 1.165) is 38.5 Å². The molecule has 5 atom stereocenters. The fraction of sp³-hybridized carbons (Fsp3) is 0.864. The maximum absolute atomic E-state index is 10.8. The van der Waals surface area contributed by atoms with Crippen molar-refractivity contribution in [3.8, 4) is 0 Å². The Bertz CT molecular complexity index is 539. The first kappa shape index (κ1) is 20.8. The Balaban J connectivity index is 1.60. The first-order valence-electron chi connectivity index (χ1n) is 10.8. The van der Waals surface area contributed by atoms with Crippen LogP contribution in [0, 0.1) is 17.8 Å². The molecule has 3 aliphatic carbocycles. The number of ether oxygens (including phenoxy) is 1. The number of allylic oxidation sites excluding steroid dienone is 1. The van der Waals surface area contributed by atoms with Crippen LogP contribution in [0.2, 0.25) is 0 Å². The minimum atomic E-state index is -0.775. The van der Waals surface area contributed by atoms with E-state index in [1.54, 1.807) is 7.11 Å². The van der Waals surface area contributed by atoms with Gasteiger partial charge in [-0.2, -0.15) is 0 Å². The normalized spacial score (nSPS) is 36.9. The standard InChI is InChI=1S/C22H36O5/c1-27-22-13-12-20(24)17(10-11-19(23)15-6-3-2-4-7-15)18(22)14-16(22)8-5-9-21(25)26/h8,15,17-20,23-24H,2-7,9-14H2,1H3,(H,25,26)/b16-8-. The van der Waals surface area contributed by atoms with Crippen molar-refractivity contribution >= 4 is 5.97 Å². The Morgan fingerprint density at radius 2 is 2.04 bits per heavy atom. The van der Waals surface area contributed by atoms with Crippen LogP contribution >= 0.6 is 0 Å². The Hall–Kier alpha value is -0.910. The van der Waals surface area contributed by atoms with E-state index in [1.807, 2.05) is 6.08 Å². The van der Waals surface area contributed by atoms with Gasteiger partial charge in [0.15, 0.2) is 0 Å². The molecule has 3 saturated carbocycles. The van der Waals surface area contributed by atoms with Crippen molar-refractivity contribution in [1.29, 1.82) is 0 Å². The van der Waals surface area contributed by atoms with Gasteiger partial charge in [-0.05, 0) is 68.8 Å². The number of rotatable bonds is 8. The molecule has 5 nitrogen and oxygen atoms in total. The first-order chi connectivity index (χ1) is 13.0. The van der Waals surface area contributed by atoms with Crippen molar-refractivity contribution in [3.63, 3.8) is 0 Å². The summed E-state index contributed by atoms with van der Waals surface area (Å²) in [5.41, 5.74) is 0.888. The van der Waals surface area contributed by atoms with Crippen molar-refractivity contribution in [1.82, 2.24) is 0 Å². The van der Waals surface area contributed by atoms with E-state index in [0.29, 0.717) is 18.8 Å². The second kappa shape index (κ2) is 9.06. The summed E-state index contributed by atoms with van der Waals surface area (Å²) in [6.45, 7) is 0. The maximum Gasteiger partial charge on any atom is 0.303 e. The first-order valence-corrected chi connectivity index (χ1v) is 10.8. The Morgan fingerprint density at radius 1 is 1.30 bits per heavy atom. The third-order valence-electron chi connectivity index (χ3n) is 7.51. The van der Waals surface area contributed by atoms with Crippen molar-refractivity contribution in [3.05, 3.63) is 11.6 Å². The van der Waals surface area contributed by atoms with Crippen LogP contribution < -0.4 is 0 Å². The van der Waals surface area contributed by atoms with Gasteiger partial charge in [0.2, 0.25) is 0 Å². The average Bonchev–Trinajstić information content (AvgIpc) is 2.66. The summed E-state index contributed by atoms with van der Waals surface area (Å²) in [6.07, 6.45) is 12.2. The summed E-state index contributed by atoms with van der Waals surface area (Å²) in [6, 6.07) is 0. The lowest BCUT2D eigenvalue weighted by molar-refractivity contribution is -0.155. The van der Waals surface area contributed by atoms with E-state index in [1.165, 1.54) is 24.8 Å². The number of hydrogen-bond acceptors (Lipinski definition) is 4. The Labute approximate surface area is 162 Å². The lowest BCUT2D eigenvalue weighted by atomic mass is 9.52. The van der Waals surface area contributed by atoms with Crippen LogP contribution in [0.4, 0.5) is 0 Å². The number of aliphatic carboxylic acids is 1. The van der Waals surface area contributed by atoms with Gasteiger partial charge in [-0.1, -0.05) is 25.3 Å². The van der Waals surface area contributed by atoms with Gasteiger partial charge in [0, 0.05) is 19.4 Å². The minimum absolute atomic E-state index is 0.146. The van der Waals surface area contributed by atoms with Crippen LogP contribution in [0.15, 0.2) is 11.6 Å². The molecular formula is C22H36O5. The molecule has 0 radical (unpaired) electrons. The summed E-state index contributed by atoms with van der Waals surface area (Å²) >= 11 is 0. The lowest BCUT2D eigenvalue weighted by Crippen LogP contribution is -2.59. The fourth-order valence-corrected chi connectivity index (χ4v) is 5.89. The van der Waals surface area contributed by atoms with Gasteiger partial charge in [0.1, 0.15) is 0 Å². The van der Waals surface area contributed by atoms with E-state index in [4.69, 9.17) is 9.84 Å². The second-order valence-corrected chi connectivity index (χ2v) is 8.88. The zero-order valence-electron chi connectivity index (χ0n) is 16.6. The molecule has 0 aliphatic heterocycles. The highest BCUT2D eigenvalue weighted by atomic mass is 16.5. The summed E-state index contributed by atoms with van der Waals surface area (Å²) in [4.78, 5) is 10.8. The van der Waals surface area contributed by atoms with Crippen LogP contribution in [0.5, 0.6) is 0 Å². The van der Waals surface area contributed by atoms with Gasteiger partial charge < -0.3 is 20.1 Å². The summed E-state index contributed by atoms with van der Waals surface area (Å²) in [5.74, 6) is 0.0943. The van der Waals surface area contributed by atoms with Gasteiger partial charge in [0.25, 0.3) is 0 Å². The number of methoxy groups -OCH3 is 1. The molecule has 3 N–H and O–H groups in total. The molecule has 27 heavy (non-hydrogen) atoms. The van der Waals surface area contributed by atoms with E-state index >= 15 is 0 Å². The minimum Gasteiger partial charge on any atom is -0.481 e. The van der Waals surface area contributed by atoms with Gasteiger partial charge in [-0.25, -0.2) is 0 Å². The molecule has 3 rings (SSSR count). The zero-order valence-corrected chi connectivity index (χ0v) is 16.6. The maximum atomic E-state index is 10.8. The predicted molar refractivity (Wildman–Crippen MR) is 103 cm³/mol. The van der Waals surface area contributed by atoms with Gasteiger partial charge in [0.05, 0.1) is 17.8 Å². The van der Waals surface area contributed by atoms with Crippen LogP contribution in [0.3, 0.4) is 0 Å². The smallest absolute Gasteiger partial charge is 0.303 e. The van der Waals surface area contributed by atoms with E-state index in [-0.39, 0.29) is 36.1 Å². The number of carboxylic acids is 1. The highest BCUT2D eigenvalue weighted by Gasteiger charge is 2.58. The summed E-state index contributed by atoms with van der Waals surface area (Å²) in [7, 11) is 1.74. The molecule has 3 fully saturated rings. The zero-order chi connectivity index (χ0) is 19.4. The van der Waals surface area contributed by atoms with E-state index in [2.05, 4.69) is 0 Å². The predicted octanol–water partition coefficient (Wildman–Crippen LogP) is 3.68. The Kier molecular flexibility index (Phi) is 6.98. The van der Waals surface area contributed by atoms with Gasteiger partial charge in [-0.3, -0.25) is 4.79 Å². The number of fused-ring (bicyclic) bond motifs is 1. The third kappa shape index (κ3) is 4.41. The molecule has 5 heteroatoms.